The van der Waals surface area contributed by atoms with Crippen LogP contribution in [0.25, 0.3) is 0 Å². The molecule has 7 heteroatoms. The zero-order valence-electron chi connectivity index (χ0n) is 12.9. The Bertz CT molecular complexity index is 545. The van der Waals surface area contributed by atoms with Gasteiger partial charge in [-0.2, -0.15) is 0 Å². The summed E-state index contributed by atoms with van der Waals surface area (Å²) in [6, 6.07) is 1.84. The summed E-state index contributed by atoms with van der Waals surface area (Å²) in [5, 5.41) is 24.3. The molecule has 0 unspecified atom stereocenters. The number of halogens is 1. The molecular formula is C15H22FN3O3. The molecule has 2 rings (SSSR count). The first-order chi connectivity index (χ1) is 10.4. The van der Waals surface area contributed by atoms with Gasteiger partial charge in [0.1, 0.15) is 0 Å². The van der Waals surface area contributed by atoms with Gasteiger partial charge >= 0.3 is 0 Å². The van der Waals surface area contributed by atoms with Crippen LogP contribution in [0, 0.1) is 21.8 Å². The number of aromatic hydroxyl groups is 1. The summed E-state index contributed by atoms with van der Waals surface area (Å²) >= 11 is 0. The SMILES string of the molecule is CC(C)C[C@@H](c1cc([N+](=O)[O-])cc(F)c1O)N1CCNCC1. The molecule has 0 spiro atoms. The van der Waals surface area contributed by atoms with E-state index in [-0.39, 0.29) is 11.7 Å². The lowest BCUT2D eigenvalue weighted by molar-refractivity contribution is -0.385. The molecule has 0 aliphatic carbocycles. The molecule has 0 amide bonds. The summed E-state index contributed by atoms with van der Waals surface area (Å²) in [7, 11) is 0. The van der Waals surface area contributed by atoms with E-state index >= 15 is 0 Å². The van der Waals surface area contributed by atoms with Crippen LogP contribution in [-0.2, 0) is 0 Å². The molecule has 1 heterocycles. The van der Waals surface area contributed by atoms with E-state index in [1.807, 2.05) is 13.8 Å². The number of benzene rings is 1. The number of phenolic OH excluding ortho intramolecular Hbond substituents is 1. The third-order valence-electron chi connectivity index (χ3n) is 3.93. The molecule has 0 bridgehead atoms. The second kappa shape index (κ2) is 7.02. The summed E-state index contributed by atoms with van der Waals surface area (Å²) in [6.45, 7) is 7.24. The molecule has 0 aromatic heterocycles. The van der Waals surface area contributed by atoms with Crippen LogP contribution in [0.2, 0.25) is 0 Å². The topological polar surface area (TPSA) is 78.6 Å². The number of hydrogen-bond acceptors (Lipinski definition) is 5. The lowest BCUT2D eigenvalue weighted by Crippen LogP contribution is -2.45. The quantitative estimate of drug-likeness (QED) is 0.645. The molecule has 22 heavy (non-hydrogen) atoms. The van der Waals surface area contributed by atoms with E-state index in [0.29, 0.717) is 17.9 Å². The van der Waals surface area contributed by atoms with Crippen molar-refractivity contribution < 1.29 is 14.4 Å². The predicted molar refractivity (Wildman–Crippen MR) is 81.4 cm³/mol. The highest BCUT2D eigenvalue weighted by Gasteiger charge is 2.28. The van der Waals surface area contributed by atoms with E-state index in [0.717, 1.165) is 32.2 Å². The highest BCUT2D eigenvalue weighted by molar-refractivity contribution is 5.46. The van der Waals surface area contributed by atoms with Gasteiger partial charge in [0.05, 0.1) is 11.0 Å². The van der Waals surface area contributed by atoms with Crippen molar-refractivity contribution in [2.45, 2.75) is 26.3 Å². The number of hydrogen-bond donors (Lipinski definition) is 2. The molecule has 122 valence electrons. The zero-order valence-corrected chi connectivity index (χ0v) is 12.9. The fourth-order valence-corrected chi connectivity index (χ4v) is 2.88. The number of nitro benzene ring substituents is 1. The lowest BCUT2D eigenvalue weighted by Gasteiger charge is -2.36. The second-order valence-corrected chi connectivity index (χ2v) is 6.05. The van der Waals surface area contributed by atoms with Gasteiger partial charge in [0.25, 0.3) is 5.69 Å². The first-order valence-corrected chi connectivity index (χ1v) is 7.51. The Labute approximate surface area is 129 Å². The number of nitrogens with one attached hydrogen (secondary N) is 1. The third kappa shape index (κ3) is 3.72. The minimum atomic E-state index is -0.937. The van der Waals surface area contributed by atoms with Crippen LogP contribution in [0.5, 0.6) is 5.75 Å². The standard InChI is InChI=1S/C15H22FN3O3/c1-10(2)7-14(18-5-3-17-4-6-18)12-8-11(19(21)22)9-13(16)15(12)20/h8-10,14,17,20H,3-7H2,1-2H3/t14-/m0/s1. The van der Waals surface area contributed by atoms with Crippen molar-refractivity contribution in [3.8, 4) is 5.75 Å². The number of nitrogens with zero attached hydrogens (tertiary/aromatic N) is 2. The van der Waals surface area contributed by atoms with Crippen molar-refractivity contribution in [3.05, 3.63) is 33.6 Å². The maximum atomic E-state index is 13.9. The van der Waals surface area contributed by atoms with E-state index < -0.39 is 16.5 Å². The molecule has 2 N–H and O–H groups in total. The van der Waals surface area contributed by atoms with Crippen molar-refractivity contribution in [1.82, 2.24) is 10.2 Å². The monoisotopic (exact) mass is 311 g/mol. The van der Waals surface area contributed by atoms with Gasteiger partial charge in [-0.1, -0.05) is 13.8 Å². The van der Waals surface area contributed by atoms with Crippen molar-refractivity contribution >= 4 is 5.69 Å². The van der Waals surface area contributed by atoms with E-state index in [4.69, 9.17) is 0 Å². The fourth-order valence-electron chi connectivity index (χ4n) is 2.88. The van der Waals surface area contributed by atoms with Gasteiger partial charge in [-0.05, 0) is 12.3 Å². The normalized spacial score (nSPS) is 17.6. The summed E-state index contributed by atoms with van der Waals surface area (Å²) in [5.74, 6) is -1.09. The first-order valence-electron chi connectivity index (χ1n) is 7.51. The minimum Gasteiger partial charge on any atom is -0.505 e. The molecule has 0 radical (unpaired) electrons. The molecule has 1 aliphatic rings. The second-order valence-electron chi connectivity index (χ2n) is 6.05. The average molecular weight is 311 g/mol. The number of rotatable bonds is 5. The van der Waals surface area contributed by atoms with Gasteiger partial charge in [0, 0.05) is 43.9 Å². The Morgan fingerprint density at radius 2 is 2.05 bits per heavy atom. The molecule has 1 saturated heterocycles. The average Bonchev–Trinajstić information content (AvgIpc) is 2.48. The highest BCUT2D eigenvalue weighted by atomic mass is 19.1. The van der Waals surface area contributed by atoms with Gasteiger partial charge in [-0.25, -0.2) is 4.39 Å². The predicted octanol–water partition coefficient (Wildman–Crippen LogP) is 2.43. The van der Waals surface area contributed by atoms with E-state index in [1.165, 1.54) is 6.07 Å². The van der Waals surface area contributed by atoms with Crippen LogP contribution in [0.4, 0.5) is 10.1 Å². The smallest absolute Gasteiger partial charge is 0.272 e. The van der Waals surface area contributed by atoms with Crippen molar-refractivity contribution in [2.75, 3.05) is 26.2 Å². The Balaban J connectivity index is 2.43. The number of phenols is 1. The molecule has 1 aliphatic heterocycles. The van der Waals surface area contributed by atoms with Crippen LogP contribution >= 0.6 is 0 Å². The number of non-ortho nitro benzene ring substituents is 1. The van der Waals surface area contributed by atoms with E-state index in [2.05, 4.69) is 10.2 Å². The van der Waals surface area contributed by atoms with Crippen LogP contribution < -0.4 is 5.32 Å². The van der Waals surface area contributed by atoms with Crippen molar-refractivity contribution in [3.63, 3.8) is 0 Å². The Hall–Kier alpha value is -1.73. The maximum absolute atomic E-state index is 13.9. The Morgan fingerprint density at radius 3 is 2.59 bits per heavy atom. The molecule has 1 aromatic rings. The summed E-state index contributed by atoms with van der Waals surface area (Å²) < 4.78 is 13.9. The molecule has 1 aromatic carbocycles. The molecule has 1 fully saturated rings. The highest BCUT2D eigenvalue weighted by Crippen LogP contribution is 2.37. The number of piperazine rings is 1. The van der Waals surface area contributed by atoms with E-state index in [1.54, 1.807) is 0 Å². The number of nitro groups is 1. The van der Waals surface area contributed by atoms with Crippen molar-refractivity contribution in [1.29, 1.82) is 0 Å². The third-order valence-corrected chi connectivity index (χ3v) is 3.93. The molecule has 1 atom stereocenters. The minimum absolute atomic E-state index is 0.225. The summed E-state index contributed by atoms with van der Waals surface area (Å²) in [4.78, 5) is 12.5. The molecule has 6 nitrogen and oxygen atoms in total. The van der Waals surface area contributed by atoms with Crippen LogP contribution in [-0.4, -0.2) is 41.1 Å². The van der Waals surface area contributed by atoms with Gasteiger partial charge in [-0.3, -0.25) is 15.0 Å². The van der Waals surface area contributed by atoms with Crippen molar-refractivity contribution in [2.24, 2.45) is 5.92 Å². The largest absolute Gasteiger partial charge is 0.505 e. The van der Waals surface area contributed by atoms with Crippen LogP contribution in [0.3, 0.4) is 0 Å². The molecular weight excluding hydrogens is 289 g/mol. The Kier molecular flexibility index (Phi) is 5.31. The summed E-state index contributed by atoms with van der Waals surface area (Å²) in [5.41, 5.74) is -0.0171. The lowest BCUT2D eigenvalue weighted by atomic mass is 9.93. The summed E-state index contributed by atoms with van der Waals surface area (Å²) in [6.07, 6.45) is 0.703. The van der Waals surface area contributed by atoms with E-state index in [9.17, 15) is 19.6 Å². The first kappa shape index (κ1) is 16.6. The fraction of sp³-hybridized carbons (Fsp3) is 0.600. The van der Waals surface area contributed by atoms with Gasteiger partial charge in [0.2, 0.25) is 0 Å². The molecule has 0 saturated carbocycles. The zero-order chi connectivity index (χ0) is 16.3. The van der Waals surface area contributed by atoms with Crippen LogP contribution in [0.15, 0.2) is 12.1 Å². The van der Waals surface area contributed by atoms with Gasteiger partial charge in [0.15, 0.2) is 11.6 Å². The maximum Gasteiger partial charge on any atom is 0.272 e. The van der Waals surface area contributed by atoms with Crippen LogP contribution in [0.1, 0.15) is 31.9 Å². The Morgan fingerprint density at radius 1 is 1.41 bits per heavy atom. The van der Waals surface area contributed by atoms with Gasteiger partial charge < -0.3 is 10.4 Å². The van der Waals surface area contributed by atoms with Gasteiger partial charge in [-0.15, -0.1) is 0 Å².